The van der Waals surface area contributed by atoms with Gasteiger partial charge in [-0.25, -0.2) is 0 Å². The highest BCUT2D eigenvalue weighted by Crippen LogP contribution is 2.27. The molecule has 3 heteroatoms. The van der Waals surface area contributed by atoms with Crippen LogP contribution in [0.3, 0.4) is 0 Å². The molecule has 0 fully saturated rings. The molecule has 0 aliphatic carbocycles. The Bertz CT molecular complexity index is 527. The van der Waals surface area contributed by atoms with Crippen molar-refractivity contribution in [3.05, 3.63) is 64.7 Å². The van der Waals surface area contributed by atoms with Gasteiger partial charge in [-0.1, -0.05) is 41.9 Å². The second-order valence-electron chi connectivity index (χ2n) is 4.00. The van der Waals surface area contributed by atoms with Crippen molar-refractivity contribution in [2.24, 2.45) is 5.73 Å². The first kappa shape index (κ1) is 12.9. The van der Waals surface area contributed by atoms with Crippen LogP contribution in [0.2, 0.25) is 5.02 Å². The van der Waals surface area contributed by atoms with Gasteiger partial charge in [-0.15, -0.1) is 0 Å². The van der Waals surface area contributed by atoms with Crippen LogP contribution in [0.15, 0.2) is 48.5 Å². The van der Waals surface area contributed by atoms with Crippen LogP contribution >= 0.6 is 11.6 Å². The predicted octanol–water partition coefficient (Wildman–Crippen LogP) is 3.79. The van der Waals surface area contributed by atoms with Gasteiger partial charge < -0.3 is 10.5 Å². The molecule has 94 valence electrons. The topological polar surface area (TPSA) is 35.2 Å². The summed E-state index contributed by atoms with van der Waals surface area (Å²) in [6.45, 7) is 2.60. The first-order valence-electron chi connectivity index (χ1n) is 5.95. The molecule has 2 nitrogen and oxygen atoms in total. The molecule has 2 aromatic carbocycles. The summed E-state index contributed by atoms with van der Waals surface area (Å²) >= 11 is 6.16. The standard InChI is InChI=1S/C15H16ClNO/c1-2-18-12-7-5-6-11(10-12)15(17)13-8-3-4-9-14(13)16/h3-10,15H,2,17H2,1H3. The van der Waals surface area contributed by atoms with E-state index in [2.05, 4.69) is 0 Å². The second kappa shape index (κ2) is 5.89. The van der Waals surface area contributed by atoms with Crippen LogP contribution in [0.1, 0.15) is 24.1 Å². The lowest BCUT2D eigenvalue weighted by Crippen LogP contribution is -2.12. The summed E-state index contributed by atoms with van der Waals surface area (Å²) in [4.78, 5) is 0. The van der Waals surface area contributed by atoms with Crippen LogP contribution in [0.25, 0.3) is 0 Å². The molecule has 1 atom stereocenters. The highest BCUT2D eigenvalue weighted by molar-refractivity contribution is 6.31. The summed E-state index contributed by atoms with van der Waals surface area (Å²) < 4.78 is 5.47. The maximum Gasteiger partial charge on any atom is 0.119 e. The van der Waals surface area contributed by atoms with Gasteiger partial charge in [-0.3, -0.25) is 0 Å². The molecule has 0 spiro atoms. The van der Waals surface area contributed by atoms with Crippen LogP contribution in [0.5, 0.6) is 5.75 Å². The minimum absolute atomic E-state index is 0.237. The normalized spacial score (nSPS) is 12.2. The molecule has 0 saturated heterocycles. The van der Waals surface area contributed by atoms with E-state index in [1.165, 1.54) is 0 Å². The van der Waals surface area contributed by atoms with Crippen molar-refractivity contribution in [1.82, 2.24) is 0 Å². The smallest absolute Gasteiger partial charge is 0.119 e. The molecular formula is C15H16ClNO. The molecule has 0 amide bonds. The zero-order valence-corrected chi connectivity index (χ0v) is 11.0. The van der Waals surface area contributed by atoms with Crippen LogP contribution < -0.4 is 10.5 Å². The van der Waals surface area contributed by atoms with Gasteiger partial charge in [0, 0.05) is 5.02 Å². The van der Waals surface area contributed by atoms with Crippen LogP contribution in [-0.4, -0.2) is 6.61 Å². The maximum absolute atomic E-state index is 6.24. The number of hydrogen-bond donors (Lipinski definition) is 1. The van der Waals surface area contributed by atoms with E-state index in [0.29, 0.717) is 11.6 Å². The Morgan fingerprint density at radius 1 is 1.17 bits per heavy atom. The van der Waals surface area contributed by atoms with Gasteiger partial charge in [0.2, 0.25) is 0 Å². The first-order chi connectivity index (χ1) is 8.72. The molecule has 1 unspecified atom stereocenters. The largest absolute Gasteiger partial charge is 0.494 e. The molecule has 0 saturated carbocycles. The second-order valence-corrected chi connectivity index (χ2v) is 4.41. The molecular weight excluding hydrogens is 246 g/mol. The third-order valence-corrected chi connectivity index (χ3v) is 3.11. The summed E-state index contributed by atoms with van der Waals surface area (Å²) in [5, 5.41) is 0.687. The van der Waals surface area contributed by atoms with Crippen LogP contribution in [0, 0.1) is 0 Å². The van der Waals surface area contributed by atoms with Crippen LogP contribution in [-0.2, 0) is 0 Å². The lowest BCUT2D eigenvalue weighted by atomic mass is 9.99. The maximum atomic E-state index is 6.24. The minimum Gasteiger partial charge on any atom is -0.494 e. The first-order valence-corrected chi connectivity index (χ1v) is 6.33. The molecule has 2 N–H and O–H groups in total. The lowest BCUT2D eigenvalue weighted by Gasteiger charge is -2.15. The van der Waals surface area contributed by atoms with E-state index >= 15 is 0 Å². The number of hydrogen-bond acceptors (Lipinski definition) is 2. The van der Waals surface area contributed by atoms with Gasteiger partial charge in [-0.05, 0) is 36.2 Å². The molecule has 0 aliphatic heterocycles. The van der Waals surface area contributed by atoms with Gasteiger partial charge in [0.1, 0.15) is 5.75 Å². The van der Waals surface area contributed by atoms with Crippen molar-refractivity contribution in [1.29, 1.82) is 0 Å². The van der Waals surface area contributed by atoms with Crippen molar-refractivity contribution in [2.45, 2.75) is 13.0 Å². The highest BCUT2D eigenvalue weighted by Gasteiger charge is 2.12. The third-order valence-electron chi connectivity index (χ3n) is 2.77. The third kappa shape index (κ3) is 2.84. The molecule has 0 radical (unpaired) electrons. The Hall–Kier alpha value is -1.51. The average molecular weight is 262 g/mol. The molecule has 2 aromatic rings. The SMILES string of the molecule is CCOc1cccc(C(N)c2ccccc2Cl)c1. The summed E-state index contributed by atoms with van der Waals surface area (Å²) in [5.41, 5.74) is 8.16. The summed E-state index contributed by atoms with van der Waals surface area (Å²) in [7, 11) is 0. The fraction of sp³-hybridized carbons (Fsp3) is 0.200. The summed E-state index contributed by atoms with van der Waals surface area (Å²) in [6, 6.07) is 15.2. The van der Waals surface area contributed by atoms with E-state index in [1.54, 1.807) is 0 Å². The minimum atomic E-state index is -0.237. The van der Waals surface area contributed by atoms with Gasteiger partial charge in [-0.2, -0.15) is 0 Å². The molecule has 0 bridgehead atoms. The number of nitrogens with two attached hydrogens (primary N) is 1. The van der Waals surface area contributed by atoms with Gasteiger partial charge in [0.25, 0.3) is 0 Å². The highest BCUT2D eigenvalue weighted by atomic mass is 35.5. The fourth-order valence-corrected chi connectivity index (χ4v) is 2.12. The fourth-order valence-electron chi connectivity index (χ4n) is 1.87. The number of rotatable bonds is 4. The Balaban J connectivity index is 2.31. The van der Waals surface area contributed by atoms with E-state index < -0.39 is 0 Å². The molecule has 0 aromatic heterocycles. The molecule has 18 heavy (non-hydrogen) atoms. The Morgan fingerprint density at radius 2 is 1.94 bits per heavy atom. The van der Waals surface area contributed by atoms with E-state index in [-0.39, 0.29) is 6.04 Å². The van der Waals surface area contributed by atoms with Gasteiger partial charge in [0.05, 0.1) is 12.6 Å². The number of ether oxygens (including phenoxy) is 1. The van der Waals surface area contributed by atoms with Crippen molar-refractivity contribution in [2.75, 3.05) is 6.61 Å². The Kier molecular flexibility index (Phi) is 4.24. The monoisotopic (exact) mass is 261 g/mol. The van der Waals surface area contributed by atoms with E-state index in [4.69, 9.17) is 22.1 Å². The lowest BCUT2D eigenvalue weighted by molar-refractivity contribution is 0.340. The van der Waals surface area contributed by atoms with E-state index in [9.17, 15) is 0 Å². The van der Waals surface area contributed by atoms with E-state index in [0.717, 1.165) is 16.9 Å². The quantitative estimate of drug-likeness (QED) is 0.909. The van der Waals surface area contributed by atoms with Crippen LogP contribution in [0.4, 0.5) is 0 Å². The number of benzene rings is 2. The number of halogens is 1. The van der Waals surface area contributed by atoms with E-state index in [1.807, 2.05) is 55.5 Å². The zero-order chi connectivity index (χ0) is 13.0. The zero-order valence-electron chi connectivity index (χ0n) is 10.3. The predicted molar refractivity (Wildman–Crippen MR) is 75.1 cm³/mol. The van der Waals surface area contributed by atoms with Crippen molar-refractivity contribution >= 4 is 11.6 Å². The van der Waals surface area contributed by atoms with Gasteiger partial charge in [0.15, 0.2) is 0 Å². The molecule has 0 aliphatic rings. The Morgan fingerprint density at radius 3 is 2.67 bits per heavy atom. The Labute approximate surface area is 112 Å². The average Bonchev–Trinajstić information content (AvgIpc) is 2.39. The van der Waals surface area contributed by atoms with Crippen molar-refractivity contribution in [3.8, 4) is 5.75 Å². The van der Waals surface area contributed by atoms with Crippen molar-refractivity contribution < 1.29 is 4.74 Å². The molecule has 2 rings (SSSR count). The summed E-state index contributed by atoms with van der Waals surface area (Å²) in [6.07, 6.45) is 0. The molecule has 0 heterocycles. The van der Waals surface area contributed by atoms with Crippen molar-refractivity contribution in [3.63, 3.8) is 0 Å². The van der Waals surface area contributed by atoms with Gasteiger partial charge >= 0.3 is 0 Å². The summed E-state index contributed by atoms with van der Waals surface area (Å²) in [5.74, 6) is 0.831.